The predicted octanol–water partition coefficient (Wildman–Crippen LogP) is 2.56. The summed E-state index contributed by atoms with van der Waals surface area (Å²) in [6.07, 6.45) is 6.06. The average molecular weight is 242 g/mol. The fourth-order valence-electron chi connectivity index (χ4n) is 2.80. The fraction of sp³-hybridized carbons (Fsp3) is 0.267. The highest BCUT2D eigenvalue weighted by Gasteiger charge is 2.35. The zero-order valence-corrected chi connectivity index (χ0v) is 10.1. The van der Waals surface area contributed by atoms with Gasteiger partial charge in [-0.1, -0.05) is 12.1 Å². The zero-order valence-electron chi connectivity index (χ0n) is 10.1. The molecule has 18 heavy (non-hydrogen) atoms. The minimum Gasteiger partial charge on any atom is -0.321 e. The van der Waals surface area contributed by atoms with E-state index >= 15 is 0 Å². The minimum atomic E-state index is -0.383. The van der Waals surface area contributed by atoms with E-state index in [1.54, 1.807) is 12.3 Å². The van der Waals surface area contributed by atoms with Crippen molar-refractivity contribution in [2.75, 3.05) is 0 Å². The van der Waals surface area contributed by atoms with Crippen molar-refractivity contribution in [2.24, 2.45) is 5.73 Å². The van der Waals surface area contributed by atoms with Crippen molar-refractivity contribution >= 4 is 0 Å². The van der Waals surface area contributed by atoms with Gasteiger partial charge in [0.1, 0.15) is 5.82 Å². The van der Waals surface area contributed by atoms with E-state index in [1.807, 2.05) is 24.4 Å². The van der Waals surface area contributed by atoms with Crippen molar-refractivity contribution < 1.29 is 4.39 Å². The molecular formula is C15H15FN2. The van der Waals surface area contributed by atoms with Crippen LogP contribution in [0.1, 0.15) is 23.1 Å². The average Bonchev–Trinajstić information content (AvgIpc) is 2.67. The molecule has 0 saturated carbocycles. The molecule has 1 aliphatic carbocycles. The number of benzene rings is 1. The third-order valence-electron chi connectivity index (χ3n) is 3.69. The summed E-state index contributed by atoms with van der Waals surface area (Å²) >= 11 is 0. The summed E-state index contributed by atoms with van der Waals surface area (Å²) in [5, 5.41) is 0. The summed E-state index contributed by atoms with van der Waals surface area (Å²) in [6.45, 7) is 0. The molecule has 1 unspecified atom stereocenters. The topological polar surface area (TPSA) is 38.9 Å². The second-order valence-electron chi connectivity index (χ2n) is 5.00. The van der Waals surface area contributed by atoms with Gasteiger partial charge in [-0.15, -0.1) is 0 Å². The van der Waals surface area contributed by atoms with Gasteiger partial charge in [0, 0.05) is 17.9 Å². The van der Waals surface area contributed by atoms with E-state index in [-0.39, 0.29) is 11.4 Å². The van der Waals surface area contributed by atoms with Gasteiger partial charge in [-0.25, -0.2) is 4.39 Å². The Labute approximate surface area is 106 Å². The van der Waals surface area contributed by atoms with Crippen LogP contribution in [0, 0.1) is 5.82 Å². The van der Waals surface area contributed by atoms with Crippen LogP contribution in [0.2, 0.25) is 0 Å². The number of aryl methyl sites for hydroxylation is 1. The van der Waals surface area contributed by atoms with Crippen molar-refractivity contribution in [1.82, 2.24) is 4.98 Å². The Morgan fingerprint density at radius 1 is 1.33 bits per heavy atom. The van der Waals surface area contributed by atoms with Gasteiger partial charge >= 0.3 is 0 Å². The van der Waals surface area contributed by atoms with Crippen LogP contribution in [0.25, 0.3) is 0 Å². The second-order valence-corrected chi connectivity index (χ2v) is 5.00. The Hall–Kier alpha value is -1.74. The van der Waals surface area contributed by atoms with Crippen LogP contribution < -0.4 is 5.73 Å². The molecule has 0 fully saturated rings. The first kappa shape index (κ1) is 11.4. The fourth-order valence-corrected chi connectivity index (χ4v) is 2.80. The van der Waals surface area contributed by atoms with Crippen LogP contribution >= 0.6 is 0 Å². The predicted molar refractivity (Wildman–Crippen MR) is 68.5 cm³/mol. The molecule has 1 heterocycles. The first-order valence-electron chi connectivity index (χ1n) is 6.14. The molecule has 92 valence electrons. The lowest BCUT2D eigenvalue weighted by molar-refractivity contribution is 0.438. The molecule has 1 aromatic carbocycles. The quantitative estimate of drug-likeness (QED) is 0.879. The van der Waals surface area contributed by atoms with E-state index in [1.165, 1.54) is 6.07 Å². The summed E-state index contributed by atoms with van der Waals surface area (Å²) in [5.41, 5.74) is 9.36. The van der Waals surface area contributed by atoms with E-state index in [9.17, 15) is 4.39 Å². The normalized spacial score (nSPS) is 21.9. The lowest BCUT2D eigenvalue weighted by Crippen LogP contribution is -2.36. The van der Waals surface area contributed by atoms with Crippen molar-refractivity contribution in [3.63, 3.8) is 0 Å². The van der Waals surface area contributed by atoms with Crippen LogP contribution in [0.3, 0.4) is 0 Å². The Balaban J connectivity index is 1.94. The molecule has 2 N–H and O–H groups in total. The Bertz CT molecular complexity index is 568. The van der Waals surface area contributed by atoms with E-state index in [0.717, 1.165) is 36.0 Å². The van der Waals surface area contributed by atoms with Crippen molar-refractivity contribution in [1.29, 1.82) is 0 Å². The summed E-state index contributed by atoms with van der Waals surface area (Å²) in [7, 11) is 0. The number of pyridine rings is 1. The van der Waals surface area contributed by atoms with Gasteiger partial charge in [-0.05, 0) is 54.2 Å². The zero-order chi connectivity index (χ0) is 12.6. The highest BCUT2D eigenvalue weighted by molar-refractivity contribution is 5.40. The highest BCUT2D eigenvalue weighted by Crippen LogP contribution is 2.37. The molecule has 0 bridgehead atoms. The number of halogens is 1. The van der Waals surface area contributed by atoms with Gasteiger partial charge in [0.25, 0.3) is 0 Å². The number of fused-ring (bicyclic) bond motifs is 1. The minimum absolute atomic E-state index is 0.181. The Morgan fingerprint density at radius 2 is 2.22 bits per heavy atom. The standard InChI is InChI=1S/C15H15FN2/c16-13-3-4-14-12(8-13)5-6-15(14,17)9-11-2-1-7-18-10-11/h1-4,7-8,10H,5-6,9,17H2. The monoisotopic (exact) mass is 242 g/mol. The molecule has 1 aliphatic rings. The van der Waals surface area contributed by atoms with Crippen molar-refractivity contribution in [3.05, 3.63) is 65.2 Å². The number of hydrogen-bond acceptors (Lipinski definition) is 2. The Morgan fingerprint density at radius 3 is 3.00 bits per heavy atom. The van der Waals surface area contributed by atoms with Gasteiger partial charge in [-0.2, -0.15) is 0 Å². The van der Waals surface area contributed by atoms with Gasteiger partial charge in [0.05, 0.1) is 0 Å². The summed E-state index contributed by atoms with van der Waals surface area (Å²) < 4.78 is 13.2. The lowest BCUT2D eigenvalue weighted by Gasteiger charge is -2.25. The molecule has 0 saturated heterocycles. The first-order chi connectivity index (χ1) is 8.67. The molecule has 2 aromatic rings. The van der Waals surface area contributed by atoms with Crippen LogP contribution in [-0.4, -0.2) is 4.98 Å². The Kier molecular flexibility index (Phi) is 2.63. The van der Waals surface area contributed by atoms with E-state index in [2.05, 4.69) is 4.98 Å². The molecule has 2 nitrogen and oxygen atoms in total. The molecule has 3 heteroatoms. The highest BCUT2D eigenvalue weighted by atomic mass is 19.1. The number of nitrogens with two attached hydrogens (primary N) is 1. The van der Waals surface area contributed by atoms with E-state index in [0.29, 0.717) is 0 Å². The maximum absolute atomic E-state index is 13.2. The SMILES string of the molecule is NC1(Cc2cccnc2)CCc2cc(F)ccc21. The third kappa shape index (κ3) is 1.91. The van der Waals surface area contributed by atoms with Crippen LogP contribution in [-0.2, 0) is 18.4 Å². The summed E-state index contributed by atoms with van der Waals surface area (Å²) in [6, 6.07) is 8.87. The lowest BCUT2D eigenvalue weighted by atomic mass is 9.87. The molecular weight excluding hydrogens is 227 g/mol. The molecule has 0 aliphatic heterocycles. The van der Waals surface area contributed by atoms with Crippen LogP contribution in [0.5, 0.6) is 0 Å². The maximum Gasteiger partial charge on any atom is 0.123 e. The van der Waals surface area contributed by atoms with Crippen LogP contribution in [0.4, 0.5) is 4.39 Å². The number of rotatable bonds is 2. The van der Waals surface area contributed by atoms with Crippen molar-refractivity contribution in [2.45, 2.75) is 24.8 Å². The van der Waals surface area contributed by atoms with E-state index in [4.69, 9.17) is 5.73 Å². The van der Waals surface area contributed by atoms with Gasteiger partial charge in [0.2, 0.25) is 0 Å². The largest absolute Gasteiger partial charge is 0.321 e. The summed E-state index contributed by atoms with van der Waals surface area (Å²) in [4.78, 5) is 4.11. The molecule has 0 spiro atoms. The van der Waals surface area contributed by atoms with E-state index < -0.39 is 0 Å². The number of aromatic nitrogens is 1. The maximum atomic E-state index is 13.2. The second kappa shape index (κ2) is 4.18. The first-order valence-corrected chi connectivity index (χ1v) is 6.14. The molecule has 1 aromatic heterocycles. The smallest absolute Gasteiger partial charge is 0.123 e. The van der Waals surface area contributed by atoms with Gasteiger partial charge in [-0.3, -0.25) is 4.98 Å². The van der Waals surface area contributed by atoms with Crippen LogP contribution in [0.15, 0.2) is 42.7 Å². The molecule has 0 amide bonds. The molecule has 1 atom stereocenters. The number of hydrogen-bond donors (Lipinski definition) is 1. The third-order valence-corrected chi connectivity index (χ3v) is 3.69. The molecule has 3 rings (SSSR count). The summed E-state index contributed by atoms with van der Waals surface area (Å²) in [5.74, 6) is -0.181. The van der Waals surface area contributed by atoms with Crippen molar-refractivity contribution in [3.8, 4) is 0 Å². The van der Waals surface area contributed by atoms with Gasteiger partial charge in [0.15, 0.2) is 0 Å². The molecule has 0 radical (unpaired) electrons. The number of nitrogens with zero attached hydrogens (tertiary/aromatic N) is 1. The van der Waals surface area contributed by atoms with Gasteiger partial charge < -0.3 is 5.73 Å².